The number of amides is 1. The first-order valence-corrected chi connectivity index (χ1v) is 7.21. The van der Waals surface area contributed by atoms with Gasteiger partial charge >= 0.3 is 0 Å². The van der Waals surface area contributed by atoms with Crippen LogP contribution in [0.1, 0.15) is 16.8 Å². The molecule has 0 atom stereocenters. The summed E-state index contributed by atoms with van der Waals surface area (Å²) in [6.45, 7) is 1.18. The average Bonchev–Trinajstić information content (AvgIpc) is 3.10. The van der Waals surface area contributed by atoms with Crippen molar-refractivity contribution in [3.05, 3.63) is 46.7 Å². The third kappa shape index (κ3) is 3.06. The van der Waals surface area contributed by atoms with Gasteiger partial charge in [0.2, 0.25) is 0 Å². The van der Waals surface area contributed by atoms with Crippen LogP contribution >= 0.6 is 12.2 Å². The first-order chi connectivity index (χ1) is 10.6. The monoisotopic (exact) mass is 319 g/mol. The summed E-state index contributed by atoms with van der Waals surface area (Å²) in [6, 6.07) is 4.34. The number of rotatable bonds is 5. The number of H-pyrrole nitrogens is 2. The highest BCUT2D eigenvalue weighted by Gasteiger charge is 2.13. The van der Waals surface area contributed by atoms with Crippen LogP contribution in [0.5, 0.6) is 0 Å². The van der Waals surface area contributed by atoms with Crippen molar-refractivity contribution in [2.24, 2.45) is 0 Å². The predicted octanol–water partition coefficient (Wildman–Crippen LogP) is 2.38. The number of carbonyl (C=O) groups excluding carboxylic acids is 1. The van der Waals surface area contributed by atoms with Crippen LogP contribution in [-0.2, 0) is 6.54 Å². The molecule has 3 N–H and O–H groups in total. The number of benzene rings is 1. The van der Waals surface area contributed by atoms with Crippen molar-refractivity contribution in [1.82, 2.24) is 25.1 Å². The molecule has 0 aliphatic rings. The van der Waals surface area contributed by atoms with Gasteiger partial charge in [-0.3, -0.25) is 9.48 Å². The molecule has 0 aliphatic heterocycles. The smallest absolute Gasteiger partial charge is 0.253 e. The maximum Gasteiger partial charge on any atom is 0.253 e. The van der Waals surface area contributed by atoms with Crippen LogP contribution in [0.25, 0.3) is 11.0 Å². The number of aromatic amines is 2. The number of nitrogens with zero attached hydrogens (tertiary/aromatic N) is 2. The molecule has 0 saturated carbocycles. The maximum absolute atomic E-state index is 13.6. The number of hydrogen-bond donors (Lipinski definition) is 3. The molecule has 3 rings (SSSR count). The molecule has 0 spiro atoms. The van der Waals surface area contributed by atoms with E-state index in [-0.39, 0.29) is 11.5 Å². The van der Waals surface area contributed by atoms with E-state index in [1.807, 2.05) is 12.3 Å². The van der Waals surface area contributed by atoms with Gasteiger partial charge in [-0.05, 0) is 36.8 Å². The molecule has 22 heavy (non-hydrogen) atoms. The highest BCUT2D eigenvalue weighted by atomic mass is 32.1. The molecular weight excluding hydrogens is 305 g/mol. The van der Waals surface area contributed by atoms with Gasteiger partial charge in [-0.15, -0.1) is 0 Å². The molecule has 0 bridgehead atoms. The van der Waals surface area contributed by atoms with E-state index in [1.54, 1.807) is 10.9 Å². The van der Waals surface area contributed by atoms with Gasteiger partial charge in [0.15, 0.2) is 4.77 Å². The zero-order valence-corrected chi connectivity index (χ0v) is 12.4. The lowest BCUT2D eigenvalue weighted by molar-refractivity contribution is 0.0953. The molecule has 1 amide bonds. The zero-order chi connectivity index (χ0) is 15.5. The molecule has 0 saturated heterocycles. The van der Waals surface area contributed by atoms with Gasteiger partial charge in [-0.1, -0.05) is 0 Å². The number of fused-ring (bicyclic) bond motifs is 1. The molecule has 0 fully saturated rings. The second-order valence-corrected chi connectivity index (χ2v) is 5.24. The molecule has 114 valence electrons. The van der Waals surface area contributed by atoms with Crippen LogP contribution in [0.4, 0.5) is 4.39 Å². The minimum atomic E-state index is -0.487. The summed E-state index contributed by atoms with van der Waals surface area (Å²) in [7, 11) is 0. The fraction of sp³-hybridized carbons (Fsp3) is 0.214. The number of aromatic nitrogens is 4. The summed E-state index contributed by atoms with van der Waals surface area (Å²) in [5.41, 5.74) is 1.23. The van der Waals surface area contributed by atoms with Gasteiger partial charge in [-0.25, -0.2) is 4.39 Å². The Morgan fingerprint density at radius 3 is 3.05 bits per heavy atom. The van der Waals surface area contributed by atoms with Crippen LogP contribution in [0.15, 0.2) is 30.6 Å². The summed E-state index contributed by atoms with van der Waals surface area (Å²) >= 11 is 4.98. The number of imidazole rings is 1. The molecule has 8 heteroatoms. The molecule has 0 unspecified atom stereocenters. The second kappa shape index (κ2) is 6.10. The van der Waals surface area contributed by atoms with Crippen molar-refractivity contribution >= 4 is 29.2 Å². The Kier molecular flexibility index (Phi) is 4.01. The number of halogens is 1. The van der Waals surface area contributed by atoms with Crippen molar-refractivity contribution in [2.75, 3.05) is 6.54 Å². The van der Waals surface area contributed by atoms with Crippen LogP contribution in [0.3, 0.4) is 0 Å². The van der Waals surface area contributed by atoms with Crippen LogP contribution in [0.2, 0.25) is 0 Å². The van der Waals surface area contributed by atoms with E-state index in [0.29, 0.717) is 28.9 Å². The number of carbonyl (C=O) groups is 1. The standard InChI is InChI=1S/C14H14FN5OS/c15-9-7-10(12-11(8-9)18-14(22)19-12)13(21)16-3-1-5-20-6-2-4-17-20/h2,4,6-8H,1,3,5H2,(H,16,21)(H2,18,19,22). The molecule has 2 heterocycles. The van der Waals surface area contributed by atoms with E-state index >= 15 is 0 Å². The Balaban J connectivity index is 1.68. The van der Waals surface area contributed by atoms with Crippen molar-refractivity contribution in [1.29, 1.82) is 0 Å². The Bertz CT molecular complexity index is 852. The van der Waals surface area contributed by atoms with Crippen LogP contribution < -0.4 is 5.32 Å². The maximum atomic E-state index is 13.6. The summed E-state index contributed by atoms with van der Waals surface area (Å²) in [6.07, 6.45) is 4.29. The minimum Gasteiger partial charge on any atom is -0.352 e. The second-order valence-electron chi connectivity index (χ2n) is 4.83. The largest absolute Gasteiger partial charge is 0.352 e. The van der Waals surface area contributed by atoms with Gasteiger partial charge < -0.3 is 15.3 Å². The van der Waals surface area contributed by atoms with E-state index in [0.717, 1.165) is 6.42 Å². The molecule has 0 aliphatic carbocycles. The summed E-state index contributed by atoms with van der Waals surface area (Å²) in [5, 5.41) is 6.86. The lowest BCUT2D eigenvalue weighted by atomic mass is 10.1. The lowest BCUT2D eigenvalue weighted by Gasteiger charge is -2.06. The average molecular weight is 319 g/mol. The van der Waals surface area contributed by atoms with Crippen LogP contribution in [0, 0.1) is 10.6 Å². The number of hydrogen-bond acceptors (Lipinski definition) is 3. The molecule has 0 radical (unpaired) electrons. The molecule has 2 aromatic heterocycles. The fourth-order valence-corrected chi connectivity index (χ4v) is 2.47. The van der Waals surface area contributed by atoms with Gasteiger partial charge in [-0.2, -0.15) is 5.10 Å². The van der Waals surface area contributed by atoms with Crippen molar-refractivity contribution in [3.63, 3.8) is 0 Å². The van der Waals surface area contributed by atoms with Gasteiger partial charge in [0.1, 0.15) is 5.82 Å². The quantitative estimate of drug-likeness (QED) is 0.499. The third-order valence-corrected chi connectivity index (χ3v) is 3.45. The number of aryl methyl sites for hydroxylation is 1. The minimum absolute atomic E-state index is 0.237. The predicted molar refractivity (Wildman–Crippen MR) is 82.6 cm³/mol. The van der Waals surface area contributed by atoms with E-state index < -0.39 is 5.82 Å². The summed E-state index contributed by atoms with van der Waals surface area (Å²) in [5.74, 6) is -0.824. The highest BCUT2D eigenvalue weighted by Crippen LogP contribution is 2.17. The van der Waals surface area contributed by atoms with Gasteiger partial charge in [0, 0.05) is 25.5 Å². The summed E-state index contributed by atoms with van der Waals surface area (Å²) in [4.78, 5) is 17.9. The van der Waals surface area contributed by atoms with E-state index in [2.05, 4.69) is 20.4 Å². The topological polar surface area (TPSA) is 78.5 Å². The van der Waals surface area contributed by atoms with E-state index in [4.69, 9.17) is 12.2 Å². The zero-order valence-electron chi connectivity index (χ0n) is 11.6. The third-order valence-electron chi connectivity index (χ3n) is 3.24. The molecule has 6 nitrogen and oxygen atoms in total. The molecule has 1 aromatic carbocycles. The van der Waals surface area contributed by atoms with E-state index in [9.17, 15) is 9.18 Å². The Hall–Kier alpha value is -2.48. The van der Waals surface area contributed by atoms with Crippen molar-refractivity contribution < 1.29 is 9.18 Å². The highest BCUT2D eigenvalue weighted by molar-refractivity contribution is 7.71. The number of nitrogens with one attached hydrogen (secondary N) is 3. The van der Waals surface area contributed by atoms with Gasteiger partial charge in [0.05, 0.1) is 16.6 Å². The Morgan fingerprint density at radius 1 is 1.41 bits per heavy atom. The van der Waals surface area contributed by atoms with Crippen LogP contribution in [-0.4, -0.2) is 32.2 Å². The Labute approximate surface area is 130 Å². The Morgan fingerprint density at radius 2 is 2.27 bits per heavy atom. The molecular formula is C14H14FN5OS. The fourth-order valence-electron chi connectivity index (χ4n) is 2.26. The first kappa shape index (κ1) is 14.5. The van der Waals surface area contributed by atoms with Gasteiger partial charge in [0.25, 0.3) is 5.91 Å². The van der Waals surface area contributed by atoms with Crippen molar-refractivity contribution in [3.8, 4) is 0 Å². The summed E-state index contributed by atoms with van der Waals surface area (Å²) < 4.78 is 15.7. The molecule has 3 aromatic rings. The lowest BCUT2D eigenvalue weighted by Crippen LogP contribution is -2.25. The van der Waals surface area contributed by atoms with Crippen molar-refractivity contribution in [2.45, 2.75) is 13.0 Å². The normalized spacial score (nSPS) is 11.0. The SMILES string of the molecule is O=C(NCCCn1cccn1)c1cc(F)cc2[nH]c(=S)[nH]c12. The first-order valence-electron chi connectivity index (χ1n) is 6.80. The van der Waals surface area contributed by atoms with E-state index in [1.165, 1.54) is 12.1 Å².